The van der Waals surface area contributed by atoms with Crippen molar-refractivity contribution in [1.29, 1.82) is 0 Å². The van der Waals surface area contributed by atoms with E-state index in [2.05, 4.69) is 39.5 Å². The minimum atomic E-state index is 0.179. The molecule has 0 aromatic carbocycles. The van der Waals surface area contributed by atoms with E-state index >= 15 is 0 Å². The van der Waals surface area contributed by atoms with Gasteiger partial charge in [0.2, 0.25) is 0 Å². The minimum absolute atomic E-state index is 0.179. The van der Waals surface area contributed by atoms with Gasteiger partial charge in [-0.2, -0.15) is 0 Å². The van der Waals surface area contributed by atoms with E-state index in [0.29, 0.717) is 17.9 Å². The fourth-order valence-electron chi connectivity index (χ4n) is 2.64. The van der Waals surface area contributed by atoms with Crippen LogP contribution in [0.5, 0.6) is 0 Å². The van der Waals surface area contributed by atoms with E-state index in [-0.39, 0.29) is 5.60 Å². The quantitative estimate of drug-likeness (QED) is 0.606. The zero-order chi connectivity index (χ0) is 11.8. The molecule has 0 aromatic heterocycles. The van der Waals surface area contributed by atoms with Crippen LogP contribution in [0, 0.1) is 11.8 Å². The molecule has 2 rings (SSSR count). The van der Waals surface area contributed by atoms with Crippen LogP contribution in [0.1, 0.15) is 46.5 Å². The molecule has 0 radical (unpaired) electrons. The molecule has 1 saturated heterocycles. The van der Waals surface area contributed by atoms with Crippen LogP contribution in [-0.2, 0) is 4.74 Å². The molecule has 0 aromatic rings. The van der Waals surface area contributed by atoms with Crippen molar-refractivity contribution in [3.63, 3.8) is 0 Å². The first kappa shape index (κ1) is 11.9. The molecule has 2 unspecified atom stereocenters. The molecule has 1 heterocycles. The predicted molar refractivity (Wildman–Crippen MR) is 68.4 cm³/mol. The molecule has 0 saturated carbocycles. The van der Waals surface area contributed by atoms with E-state index < -0.39 is 0 Å². The Hall–Kier alpha value is -0.560. The lowest BCUT2D eigenvalue weighted by molar-refractivity contribution is 0.275. The molecule has 0 amide bonds. The van der Waals surface area contributed by atoms with Gasteiger partial charge in [0.05, 0.1) is 11.7 Å². The van der Waals surface area contributed by atoms with Crippen molar-refractivity contribution in [2.75, 3.05) is 0 Å². The summed E-state index contributed by atoms with van der Waals surface area (Å²) in [5.41, 5.74) is 1.43. The molecule has 0 N–H and O–H groups in total. The molecule has 90 valence electrons. The number of hydrogen-bond acceptors (Lipinski definition) is 1. The zero-order valence-electron chi connectivity index (χ0n) is 10.8. The fourth-order valence-corrected chi connectivity index (χ4v) is 2.64. The maximum Gasteiger partial charge on any atom is 0.0920 e. The Bertz CT molecular complexity index is 303. The Kier molecular flexibility index (Phi) is 3.25. The highest BCUT2D eigenvalue weighted by Gasteiger charge is 2.51. The highest BCUT2D eigenvalue weighted by Crippen LogP contribution is 2.45. The van der Waals surface area contributed by atoms with Crippen LogP contribution in [0.2, 0.25) is 0 Å². The van der Waals surface area contributed by atoms with Crippen molar-refractivity contribution in [1.82, 2.24) is 0 Å². The number of hydrogen-bond donors (Lipinski definition) is 0. The maximum absolute atomic E-state index is 5.84. The van der Waals surface area contributed by atoms with Crippen molar-refractivity contribution < 1.29 is 4.74 Å². The average Bonchev–Trinajstić information content (AvgIpc) is 2.86. The van der Waals surface area contributed by atoms with Crippen LogP contribution in [0.3, 0.4) is 0 Å². The summed E-state index contributed by atoms with van der Waals surface area (Å²) < 4.78 is 5.84. The Morgan fingerprint density at radius 1 is 1.44 bits per heavy atom. The first-order valence-electron chi connectivity index (χ1n) is 6.55. The summed E-state index contributed by atoms with van der Waals surface area (Å²) in [5, 5.41) is 0. The molecule has 1 nitrogen and oxygen atoms in total. The second-order valence-corrected chi connectivity index (χ2v) is 5.92. The van der Waals surface area contributed by atoms with Crippen LogP contribution in [0.4, 0.5) is 0 Å². The standard InChI is InChI=1S/C15H24O/c1-11(2)13-7-5-12(3)6-8-14-15(4,16-14)10-9-13/h5,7,11,13-14H,3,6,8-10H2,1-2,4H3/b7-5+/t13-,14?,15?/m0/s1. The second-order valence-electron chi connectivity index (χ2n) is 5.92. The molecule has 1 aliphatic carbocycles. The van der Waals surface area contributed by atoms with Gasteiger partial charge in [-0.15, -0.1) is 0 Å². The van der Waals surface area contributed by atoms with E-state index in [0.717, 1.165) is 12.8 Å². The van der Waals surface area contributed by atoms with E-state index in [1.54, 1.807) is 0 Å². The SMILES string of the molecule is C=C1/C=C/[C@H](C(C)C)CCC2(C)OC2CC1. The second kappa shape index (κ2) is 4.37. The first-order chi connectivity index (χ1) is 7.51. The first-order valence-corrected chi connectivity index (χ1v) is 6.55. The molecule has 3 atom stereocenters. The van der Waals surface area contributed by atoms with Crippen molar-refractivity contribution in [2.45, 2.75) is 58.2 Å². The van der Waals surface area contributed by atoms with Crippen LogP contribution >= 0.6 is 0 Å². The Balaban J connectivity index is 2.06. The van der Waals surface area contributed by atoms with Crippen LogP contribution in [-0.4, -0.2) is 11.7 Å². The number of epoxide rings is 1. The van der Waals surface area contributed by atoms with Gasteiger partial charge in [-0.3, -0.25) is 0 Å². The fraction of sp³-hybridized carbons (Fsp3) is 0.733. The molecular weight excluding hydrogens is 196 g/mol. The lowest BCUT2D eigenvalue weighted by atomic mass is 9.85. The largest absolute Gasteiger partial charge is 0.366 e. The predicted octanol–water partition coefficient (Wildman–Crippen LogP) is 4.10. The van der Waals surface area contributed by atoms with Crippen LogP contribution in [0.15, 0.2) is 24.3 Å². The summed E-state index contributed by atoms with van der Waals surface area (Å²) in [7, 11) is 0. The molecule has 1 heteroatoms. The van der Waals surface area contributed by atoms with Gasteiger partial charge in [-0.25, -0.2) is 0 Å². The molecule has 1 aliphatic heterocycles. The maximum atomic E-state index is 5.84. The number of allylic oxidation sites excluding steroid dienone is 3. The highest BCUT2D eigenvalue weighted by molar-refractivity contribution is 5.17. The average molecular weight is 220 g/mol. The van der Waals surface area contributed by atoms with Crippen molar-refractivity contribution in [3.8, 4) is 0 Å². The van der Waals surface area contributed by atoms with Gasteiger partial charge in [-0.1, -0.05) is 38.2 Å². The highest BCUT2D eigenvalue weighted by atomic mass is 16.6. The topological polar surface area (TPSA) is 12.5 Å². The van der Waals surface area contributed by atoms with Crippen LogP contribution < -0.4 is 0 Å². The molecule has 0 bridgehead atoms. The Labute approximate surface area is 99.6 Å². The third kappa shape index (κ3) is 2.57. The number of fused-ring (bicyclic) bond motifs is 1. The lowest BCUT2D eigenvalue weighted by Crippen LogP contribution is -2.15. The summed E-state index contributed by atoms with van der Waals surface area (Å²) in [5.74, 6) is 1.39. The Morgan fingerprint density at radius 2 is 2.19 bits per heavy atom. The molecule has 2 aliphatic rings. The number of rotatable bonds is 1. The summed E-state index contributed by atoms with van der Waals surface area (Å²) >= 11 is 0. The smallest absolute Gasteiger partial charge is 0.0920 e. The van der Waals surface area contributed by atoms with Gasteiger partial charge in [0.25, 0.3) is 0 Å². The van der Waals surface area contributed by atoms with E-state index in [4.69, 9.17) is 4.74 Å². The molecule has 1 fully saturated rings. The van der Waals surface area contributed by atoms with E-state index in [1.165, 1.54) is 18.4 Å². The zero-order valence-corrected chi connectivity index (χ0v) is 10.8. The van der Waals surface area contributed by atoms with E-state index in [1.807, 2.05) is 0 Å². The molecule has 16 heavy (non-hydrogen) atoms. The number of ether oxygens (including phenoxy) is 1. The summed E-state index contributed by atoms with van der Waals surface area (Å²) in [6.07, 6.45) is 9.76. The lowest BCUT2D eigenvalue weighted by Gasteiger charge is -2.19. The third-order valence-electron chi connectivity index (χ3n) is 4.17. The summed E-state index contributed by atoms with van der Waals surface area (Å²) in [6.45, 7) is 11.0. The van der Waals surface area contributed by atoms with Gasteiger partial charge in [-0.05, 0) is 44.4 Å². The summed E-state index contributed by atoms with van der Waals surface area (Å²) in [6, 6.07) is 0. The van der Waals surface area contributed by atoms with Crippen molar-refractivity contribution in [3.05, 3.63) is 24.3 Å². The van der Waals surface area contributed by atoms with Gasteiger partial charge < -0.3 is 4.74 Å². The minimum Gasteiger partial charge on any atom is -0.366 e. The van der Waals surface area contributed by atoms with E-state index in [9.17, 15) is 0 Å². The monoisotopic (exact) mass is 220 g/mol. The molecule has 0 spiro atoms. The van der Waals surface area contributed by atoms with Crippen molar-refractivity contribution >= 4 is 0 Å². The van der Waals surface area contributed by atoms with Gasteiger partial charge in [0.1, 0.15) is 0 Å². The van der Waals surface area contributed by atoms with Crippen LogP contribution in [0.25, 0.3) is 0 Å². The summed E-state index contributed by atoms with van der Waals surface area (Å²) in [4.78, 5) is 0. The normalized spacial score (nSPS) is 41.6. The third-order valence-corrected chi connectivity index (χ3v) is 4.17. The molecular formula is C15H24O. The Morgan fingerprint density at radius 3 is 2.88 bits per heavy atom. The van der Waals surface area contributed by atoms with Gasteiger partial charge >= 0.3 is 0 Å². The van der Waals surface area contributed by atoms with Crippen molar-refractivity contribution in [2.24, 2.45) is 11.8 Å². The van der Waals surface area contributed by atoms with Gasteiger partial charge in [0, 0.05) is 0 Å². The van der Waals surface area contributed by atoms with Gasteiger partial charge in [0.15, 0.2) is 0 Å².